The molecule has 65 heavy (non-hydrogen) atoms. The van der Waals surface area contributed by atoms with Gasteiger partial charge in [-0.15, -0.1) is 0 Å². The third-order valence-corrected chi connectivity index (χ3v) is 13.5. The van der Waals surface area contributed by atoms with E-state index in [4.69, 9.17) is 18.5 Å². The highest BCUT2D eigenvalue weighted by Gasteiger charge is 2.20. The van der Waals surface area contributed by atoms with Gasteiger partial charge in [-0.3, -0.25) is 9.36 Å². The predicted octanol–water partition coefficient (Wildman–Crippen LogP) is 16.9. The van der Waals surface area contributed by atoms with Crippen molar-refractivity contribution in [2.45, 2.75) is 277 Å². The molecule has 0 saturated heterocycles. The molecule has 0 aromatic carbocycles. The molecule has 2 atom stereocenters. The second-order valence-corrected chi connectivity index (χ2v) is 21.7. The van der Waals surface area contributed by atoms with Gasteiger partial charge in [0.2, 0.25) is 0 Å². The summed E-state index contributed by atoms with van der Waals surface area (Å²) in [5.41, 5.74) is 0. The lowest BCUT2D eigenvalue weighted by Gasteiger charge is -2.28. The Kier molecular flexibility index (Phi) is 48.6. The van der Waals surface area contributed by atoms with Gasteiger partial charge >= 0.3 is 5.97 Å². The Balaban J connectivity index is 4.05. The molecule has 0 aromatic heterocycles. The summed E-state index contributed by atoms with van der Waals surface area (Å²) in [4.78, 5) is 25.2. The Hall–Kier alpha value is -1.02. The molecule has 0 aliphatic carbocycles. The highest BCUT2D eigenvalue weighted by Crippen LogP contribution is 2.38. The molecule has 0 aliphatic rings. The zero-order valence-electron chi connectivity index (χ0n) is 44.0. The molecule has 0 heterocycles. The molecule has 0 fully saturated rings. The highest BCUT2D eigenvalue weighted by atomic mass is 31.2. The fourth-order valence-electron chi connectivity index (χ4n) is 8.17. The van der Waals surface area contributed by atoms with Gasteiger partial charge in [0.15, 0.2) is 0 Å². The van der Waals surface area contributed by atoms with Gasteiger partial charge in [0.05, 0.1) is 34.4 Å². The fraction of sp³-hybridized carbons (Fsp3) is 0.911. The average Bonchev–Trinajstić information content (AvgIpc) is 3.27. The van der Waals surface area contributed by atoms with Gasteiger partial charge < -0.3 is 27.9 Å². The molecular formula is C56H110NO7P. The second-order valence-electron chi connectivity index (χ2n) is 20.3. The Bertz CT molecular complexity index is 1090. The van der Waals surface area contributed by atoms with E-state index < -0.39 is 13.9 Å². The van der Waals surface area contributed by atoms with Crippen molar-refractivity contribution in [3.05, 3.63) is 24.3 Å². The predicted molar refractivity (Wildman–Crippen MR) is 277 cm³/mol. The van der Waals surface area contributed by atoms with Crippen LogP contribution >= 0.6 is 7.82 Å². The van der Waals surface area contributed by atoms with Crippen LogP contribution in [-0.2, 0) is 27.9 Å². The SMILES string of the molecule is CCCCC/C=C\C/C=C\CCCCCCCCCCCCOCC(COP(=O)([O-])OCC[N+](C)(C)C)OC(=O)CCCCCCCCCCCCCCCCCCCCCCCCC. The lowest BCUT2D eigenvalue weighted by Crippen LogP contribution is -2.37. The number of esters is 1. The summed E-state index contributed by atoms with van der Waals surface area (Å²) < 4.78 is 34.8. The number of phosphoric ester groups is 1. The van der Waals surface area contributed by atoms with E-state index in [0.29, 0.717) is 24.1 Å². The maximum absolute atomic E-state index is 12.8. The van der Waals surface area contributed by atoms with Crippen LogP contribution in [0.4, 0.5) is 0 Å². The molecular weight excluding hydrogens is 830 g/mol. The summed E-state index contributed by atoms with van der Waals surface area (Å²) in [5.74, 6) is -0.328. The number of carbonyl (C=O) groups excluding carboxylic acids is 1. The highest BCUT2D eigenvalue weighted by molar-refractivity contribution is 7.45. The monoisotopic (exact) mass is 940 g/mol. The normalized spacial score (nSPS) is 13.6. The Labute approximate surface area is 404 Å². The molecule has 0 aromatic rings. The number of phosphoric acid groups is 1. The third-order valence-electron chi connectivity index (χ3n) is 12.5. The average molecular weight is 940 g/mol. The summed E-state index contributed by atoms with van der Waals surface area (Å²) in [6.45, 7) is 5.44. The third kappa shape index (κ3) is 53.8. The molecule has 2 unspecified atom stereocenters. The van der Waals surface area contributed by atoms with Crippen molar-refractivity contribution in [1.29, 1.82) is 0 Å². The van der Waals surface area contributed by atoms with Gasteiger partial charge in [-0.25, -0.2) is 0 Å². The number of ether oxygens (including phenoxy) is 2. The Morgan fingerprint density at radius 1 is 0.477 bits per heavy atom. The smallest absolute Gasteiger partial charge is 0.306 e. The largest absolute Gasteiger partial charge is 0.756 e. The van der Waals surface area contributed by atoms with Gasteiger partial charge in [0, 0.05) is 13.0 Å². The first-order valence-corrected chi connectivity index (χ1v) is 29.5. The van der Waals surface area contributed by atoms with Gasteiger partial charge in [-0.05, 0) is 44.9 Å². The molecule has 0 N–H and O–H groups in total. The van der Waals surface area contributed by atoms with Crippen LogP contribution < -0.4 is 4.89 Å². The number of hydrogen-bond donors (Lipinski definition) is 0. The lowest BCUT2D eigenvalue weighted by atomic mass is 10.0. The molecule has 0 rings (SSSR count). The zero-order chi connectivity index (χ0) is 47.6. The van der Waals surface area contributed by atoms with Gasteiger partial charge in [0.1, 0.15) is 19.3 Å². The number of allylic oxidation sites excluding steroid dienone is 4. The fourth-order valence-corrected chi connectivity index (χ4v) is 8.90. The van der Waals surface area contributed by atoms with Crippen LogP contribution in [0.1, 0.15) is 271 Å². The molecule has 386 valence electrons. The zero-order valence-corrected chi connectivity index (χ0v) is 44.9. The van der Waals surface area contributed by atoms with Crippen LogP contribution in [0.25, 0.3) is 0 Å². The standard InChI is InChI=1S/C56H110NO7P/c1-6-8-10-12-14-16-18-20-22-24-26-28-29-30-31-33-35-37-39-41-43-45-47-49-56(58)64-55(54-63-65(59,60)62-52-50-57(3,4)5)53-61-51-48-46-44-42-40-38-36-34-32-27-25-23-21-19-17-15-13-11-9-7-2/h15,17,21,23,55H,6-14,16,18-20,22,24-54H2,1-5H3/b17-15-,23-21-. The first-order valence-electron chi connectivity index (χ1n) is 28.1. The second kappa shape index (κ2) is 49.4. The maximum atomic E-state index is 12.8. The van der Waals surface area contributed by atoms with Crippen LogP contribution in [0, 0.1) is 0 Å². The molecule has 0 aliphatic heterocycles. The number of likely N-dealkylation sites (N-methyl/N-ethyl adjacent to an activating group) is 1. The van der Waals surface area contributed by atoms with Crippen molar-refractivity contribution < 1.29 is 37.3 Å². The van der Waals surface area contributed by atoms with E-state index in [1.807, 2.05) is 21.1 Å². The van der Waals surface area contributed by atoms with Crippen molar-refractivity contribution in [2.75, 3.05) is 54.1 Å². The van der Waals surface area contributed by atoms with Crippen molar-refractivity contribution in [1.82, 2.24) is 0 Å². The van der Waals surface area contributed by atoms with Crippen molar-refractivity contribution in [3.8, 4) is 0 Å². The minimum Gasteiger partial charge on any atom is -0.756 e. The number of nitrogens with zero attached hydrogens (tertiary/aromatic N) is 1. The molecule has 0 saturated carbocycles. The van der Waals surface area contributed by atoms with Crippen LogP contribution in [0.15, 0.2) is 24.3 Å². The molecule has 8 nitrogen and oxygen atoms in total. The summed E-state index contributed by atoms with van der Waals surface area (Å²) in [6.07, 6.45) is 59.2. The van der Waals surface area contributed by atoms with Gasteiger partial charge in [-0.1, -0.05) is 244 Å². The van der Waals surface area contributed by atoms with Crippen LogP contribution in [0.3, 0.4) is 0 Å². The first kappa shape index (κ1) is 64.0. The Morgan fingerprint density at radius 2 is 0.846 bits per heavy atom. The minimum atomic E-state index is -4.53. The summed E-state index contributed by atoms with van der Waals surface area (Å²) >= 11 is 0. The Morgan fingerprint density at radius 3 is 1.28 bits per heavy atom. The molecule has 9 heteroatoms. The molecule has 0 radical (unpaired) electrons. The van der Waals surface area contributed by atoms with Crippen LogP contribution in [0.2, 0.25) is 0 Å². The van der Waals surface area contributed by atoms with Crippen LogP contribution in [-0.4, -0.2) is 70.7 Å². The van der Waals surface area contributed by atoms with Crippen molar-refractivity contribution >= 4 is 13.8 Å². The first-order chi connectivity index (χ1) is 31.6. The molecule has 0 amide bonds. The van der Waals surface area contributed by atoms with Crippen LogP contribution in [0.5, 0.6) is 0 Å². The topological polar surface area (TPSA) is 94.1 Å². The number of carbonyl (C=O) groups is 1. The summed E-state index contributed by atoms with van der Waals surface area (Å²) in [7, 11) is 1.37. The quantitative estimate of drug-likeness (QED) is 0.0197. The number of hydrogen-bond acceptors (Lipinski definition) is 7. The van der Waals surface area contributed by atoms with E-state index in [-0.39, 0.29) is 25.8 Å². The number of unbranched alkanes of at least 4 members (excludes halogenated alkanes) is 35. The van der Waals surface area contributed by atoms with E-state index in [0.717, 1.165) is 38.5 Å². The number of rotatable bonds is 53. The van der Waals surface area contributed by atoms with E-state index in [1.165, 1.54) is 212 Å². The minimum absolute atomic E-state index is 0.0281. The molecule has 0 spiro atoms. The van der Waals surface area contributed by atoms with E-state index in [2.05, 4.69) is 38.2 Å². The lowest BCUT2D eigenvalue weighted by molar-refractivity contribution is -0.870. The van der Waals surface area contributed by atoms with E-state index in [9.17, 15) is 14.3 Å². The number of quaternary nitrogens is 1. The van der Waals surface area contributed by atoms with Crippen molar-refractivity contribution in [2.24, 2.45) is 0 Å². The van der Waals surface area contributed by atoms with E-state index >= 15 is 0 Å². The summed E-state index contributed by atoms with van der Waals surface area (Å²) in [6, 6.07) is 0. The van der Waals surface area contributed by atoms with Gasteiger partial charge in [-0.2, -0.15) is 0 Å². The molecule has 0 bridgehead atoms. The summed E-state index contributed by atoms with van der Waals surface area (Å²) in [5, 5.41) is 0. The van der Waals surface area contributed by atoms with Crippen molar-refractivity contribution in [3.63, 3.8) is 0 Å². The van der Waals surface area contributed by atoms with E-state index in [1.54, 1.807) is 0 Å². The maximum Gasteiger partial charge on any atom is 0.306 e. The van der Waals surface area contributed by atoms with Gasteiger partial charge in [0.25, 0.3) is 7.82 Å².